The molecule has 38 heavy (non-hydrogen) atoms. The first-order valence-electron chi connectivity index (χ1n) is 13.6. The second-order valence-electron chi connectivity index (χ2n) is 10.1. The normalized spacial score (nSPS) is 18.1. The molecule has 0 spiro atoms. The topological polar surface area (TPSA) is 23.8 Å². The number of nitrogens with zero attached hydrogens (tertiary/aromatic N) is 1. The summed E-state index contributed by atoms with van der Waals surface area (Å²) in [7, 11) is 0. The Balaban J connectivity index is 0.00000129. The van der Waals surface area contributed by atoms with Crippen molar-refractivity contribution in [1.29, 1.82) is 5.26 Å². The fourth-order valence-electron chi connectivity index (χ4n) is 6.63. The van der Waals surface area contributed by atoms with Crippen LogP contribution in [0.2, 0.25) is 0 Å². The minimum absolute atomic E-state index is 0.885. The highest BCUT2D eigenvalue weighted by molar-refractivity contribution is 7.80. The number of hydrogen-bond acceptors (Lipinski definition) is 2. The van der Waals surface area contributed by atoms with Gasteiger partial charge < -0.3 is 0 Å². The van der Waals surface area contributed by atoms with E-state index in [9.17, 15) is 5.26 Å². The molecule has 2 heteroatoms. The number of benzene rings is 4. The van der Waals surface area contributed by atoms with E-state index in [0.717, 1.165) is 40.9 Å². The van der Waals surface area contributed by atoms with Crippen LogP contribution in [0, 0.1) is 18.3 Å². The maximum absolute atomic E-state index is 11.2. The van der Waals surface area contributed by atoms with Gasteiger partial charge in [0.05, 0.1) is 6.07 Å². The number of thiol groups is 1. The first-order chi connectivity index (χ1) is 18.6. The van der Waals surface area contributed by atoms with Crippen LogP contribution in [0.25, 0.3) is 27.8 Å². The molecule has 4 aromatic rings. The van der Waals surface area contributed by atoms with E-state index in [1.165, 1.54) is 50.1 Å². The predicted molar refractivity (Wildman–Crippen MR) is 162 cm³/mol. The van der Waals surface area contributed by atoms with Gasteiger partial charge in [0.1, 0.15) is 5.41 Å². The smallest absolute Gasteiger partial charge is 0.134 e. The summed E-state index contributed by atoms with van der Waals surface area (Å²) in [5.74, 6) is 0. The lowest BCUT2D eigenvalue weighted by atomic mass is 9.68. The second kappa shape index (κ2) is 9.50. The van der Waals surface area contributed by atoms with Crippen molar-refractivity contribution in [1.82, 2.24) is 0 Å². The molecule has 186 valence electrons. The third kappa shape index (κ3) is 3.39. The van der Waals surface area contributed by atoms with Crippen molar-refractivity contribution >= 4 is 18.2 Å². The third-order valence-electron chi connectivity index (χ3n) is 8.18. The van der Waals surface area contributed by atoms with Crippen molar-refractivity contribution in [3.05, 3.63) is 130 Å². The monoisotopic (exact) mass is 509 g/mol. The summed E-state index contributed by atoms with van der Waals surface area (Å²) in [4.78, 5) is 0.978. The molecule has 0 aromatic heterocycles. The minimum atomic E-state index is -0.886. The Hall–Kier alpha value is -3.80. The number of hydrogen-bond donors (Lipinski definition) is 1. The SMILES string of the molecule is CC.Cc1ccc2c(c1)C(C#N)(C1=C(c3ccccc3)CCC=C1)c1cc(S)c3c(c1-2)-c1ccccc1C3. The van der Waals surface area contributed by atoms with Crippen molar-refractivity contribution in [2.24, 2.45) is 0 Å². The number of allylic oxidation sites excluding steroid dienone is 4. The highest BCUT2D eigenvalue weighted by Crippen LogP contribution is 2.60. The Morgan fingerprint density at radius 1 is 0.842 bits per heavy atom. The van der Waals surface area contributed by atoms with E-state index in [-0.39, 0.29) is 0 Å². The third-order valence-corrected chi connectivity index (χ3v) is 8.58. The van der Waals surface area contributed by atoms with Crippen LogP contribution in [0.4, 0.5) is 0 Å². The molecule has 0 saturated heterocycles. The van der Waals surface area contributed by atoms with Gasteiger partial charge in [-0.25, -0.2) is 0 Å². The lowest BCUT2D eigenvalue weighted by Gasteiger charge is -2.31. The van der Waals surface area contributed by atoms with E-state index < -0.39 is 5.41 Å². The molecule has 3 aliphatic rings. The van der Waals surface area contributed by atoms with Crippen LogP contribution in [0.5, 0.6) is 0 Å². The van der Waals surface area contributed by atoms with Gasteiger partial charge in [-0.1, -0.05) is 104 Å². The van der Waals surface area contributed by atoms with Crippen molar-refractivity contribution < 1.29 is 0 Å². The summed E-state index contributed by atoms with van der Waals surface area (Å²) in [6.45, 7) is 6.12. The fraction of sp³-hybridized carbons (Fsp3) is 0.194. The summed E-state index contributed by atoms with van der Waals surface area (Å²) in [5.41, 5.74) is 13.6. The lowest BCUT2D eigenvalue weighted by Crippen LogP contribution is -2.27. The van der Waals surface area contributed by atoms with E-state index in [0.29, 0.717) is 0 Å². The van der Waals surface area contributed by atoms with Gasteiger partial charge in [0.25, 0.3) is 0 Å². The summed E-state index contributed by atoms with van der Waals surface area (Å²) < 4.78 is 0. The Morgan fingerprint density at radius 3 is 2.39 bits per heavy atom. The van der Waals surface area contributed by atoms with Crippen LogP contribution >= 0.6 is 12.6 Å². The van der Waals surface area contributed by atoms with E-state index in [2.05, 4.69) is 104 Å². The fourth-order valence-corrected chi connectivity index (χ4v) is 6.95. The van der Waals surface area contributed by atoms with Gasteiger partial charge in [-0.3, -0.25) is 0 Å². The molecule has 7 rings (SSSR count). The molecule has 0 fully saturated rings. The number of aryl methyl sites for hydroxylation is 1. The average molecular weight is 510 g/mol. The van der Waals surface area contributed by atoms with Gasteiger partial charge in [0, 0.05) is 4.90 Å². The van der Waals surface area contributed by atoms with Gasteiger partial charge in [-0.2, -0.15) is 5.26 Å². The first kappa shape index (κ1) is 24.5. The quantitative estimate of drug-likeness (QED) is 0.235. The van der Waals surface area contributed by atoms with Crippen molar-refractivity contribution in [3.63, 3.8) is 0 Å². The molecule has 1 atom stereocenters. The molecule has 0 N–H and O–H groups in total. The molecular weight excluding hydrogens is 478 g/mol. The molecule has 0 bridgehead atoms. The largest absolute Gasteiger partial charge is 0.197 e. The van der Waals surface area contributed by atoms with Gasteiger partial charge in [0.15, 0.2) is 0 Å². The van der Waals surface area contributed by atoms with Gasteiger partial charge in [-0.05, 0) is 93.5 Å². The van der Waals surface area contributed by atoms with Gasteiger partial charge in [-0.15, -0.1) is 12.6 Å². The molecule has 4 aromatic carbocycles. The van der Waals surface area contributed by atoms with Crippen LogP contribution < -0.4 is 0 Å². The summed E-state index contributed by atoms with van der Waals surface area (Å²) in [5, 5.41) is 11.2. The molecule has 0 aliphatic heterocycles. The molecule has 0 radical (unpaired) electrons. The van der Waals surface area contributed by atoms with Crippen LogP contribution in [0.15, 0.2) is 101 Å². The summed E-state index contributed by atoms with van der Waals surface area (Å²) in [6.07, 6.45) is 7.25. The molecule has 3 aliphatic carbocycles. The van der Waals surface area contributed by atoms with Crippen LogP contribution in [0.3, 0.4) is 0 Å². The van der Waals surface area contributed by atoms with Crippen molar-refractivity contribution in [2.45, 2.75) is 50.3 Å². The molecule has 0 heterocycles. The van der Waals surface area contributed by atoms with Crippen molar-refractivity contribution in [3.8, 4) is 28.3 Å². The standard InChI is InChI=1S/C34H25NS.C2H6/c1-21-15-16-26-29(17-21)34(20-35,28-14-8-7-12-24(28)22-9-3-2-4-10-22)30-19-31(36)27-18-23-11-5-6-13-25(23)32(27)33(26)30;1-2/h2-6,8-11,13-17,19,36H,7,12,18H2,1H3;1-2H3. The van der Waals surface area contributed by atoms with Crippen LogP contribution in [0.1, 0.15) is 60.1 Å². The van der Waals surface area contributed by atoms with Gasteiger partial charge in [0.2, 0.25) is 0 Å². The average Bonchev–Trinajstić information content (AvgIpc) is 3.49. The highest BCUT2D eigenvalue weighted by atomic mass is 32.1. The molecule has 1 unspecified atom stereocenters. The van der Waals surface area contributed by atoms with Crippen LogP contribution in [-0.2, 0) is 11.8 Å². The van der Waals surface area contributed by atoms with E-state index in [1.54, 1.807) is 0 Å². The molecule has 1 nitrogen and oxygen atoms in total. The van der Waals surface area contributed by atoms with Gasteiger partial charge >= 0.3 is 0 Å². The Kier molecular flexibility index (Phi) is 6.13. The van der Waals surface area contributed by atoms with Crippen molar-refractivity contribution in [2.75, 3.05) is 0 Å². The highest BCUT2D eigenvalue weighted by Gasteiger charge is 2.49. The maximum Gasteiger partial charge on any atom is 0.134 e. The Morgan fingerprint density at radius 2 is 1.61 bits per heavy atom. The second-order valence-corrected chi connectivity index (χ2v) is 10.6. The Bertz CT molecular complexity index is 1680. The van der Waals surface area contributed by atoms with E-state index in [1.807, 2.05) is 13.8 Å². The predicted octanol–water partition coefficient (Wildman–Crippen LogP) is 9.47. The number of rotatable bonds is 2. The number of fused-ring (bicyclic) bond motifs is 7. The minimum Gasteiger partial charge on any atom is -0.197 e. The van der Waals surface area contributed by atoms with Crippen LogP contribution in [-0.4, -0.2) is 0 Å². The first-order valence-corrected chi connectivity index (χ1v) is 14.0. The molecule has 0 amide bonds. The molecule has 0 saturated carbocycles. The van der Waals surface area contributed by atoms with E-state index >= 15 is 0 Å². The Labute approximate surface area is 231 Å². The maximum atomic E-state index is 11.2. The zero-order valence-corrected chi connectivity index (χ0v) is 23.1. The zero-order chi connectivity index (χ0) is 26.4. The summed E-state index contributed by atoms with van der Waals surface area (Å²) >= 11 is 5.02. The molecular formula is C36H31NS. The van der Waals surface area contributed by atoms with E-state index in [4.69, 9.17) is 12.6 Å². The number of nitriles is 1. The zero-order valence-electron chi connectivity index (χ0n) is 22.2. The lowest BCUT2D eigenvalue weighted by molar-refractivity contribution is 0.802. The summed E-state index contributed by atoms with van der Waals surface area (Å²) in [6, 6.07) is 31.0.